The van der Waals surface area contributed by atoms with Crippen molar-refractivity contribution in [1.29, 1.82) is 0 Å². The summed E-state index contributed by atoms with van der Waals surface area (Å²) in [6.45, 7) is 3.87. The van der Waals surface area contributed by atoms with Crippen molar-refractivity contribution < 1.29 is 14.6 Å². The van der Waals surface area contributed by atoms with Gasteiger partial charge < -0.3 is 14.7 Å². The Morgan fingerprint density at radius 2 is 1.92 bits per heavy atom. The summed E-state index contributed by atoms with van der Waals surface area (Å²) in [7, 11) is 0. The highest BCUT2D eigenvalue weighted by atomic mass is 16.5. The first-order valence-electron chi connectivity index (χ1n) is 8.37. The molecule has 0 unspecified atom stereocenters. The third-order valence-corrected chi connectivity index (χ3v) is 4.88. The Hall–Kier alpha value is -2.02. The van der Waals surface area contributed by atoms with E-state index in [9.17, 15) is 9.90 Å². The number of likely N-dealkylation sites (tertiary alicyclic amines) is 1. The van der Waals surface area contributed by atoms with Gasteiger partial charge in [-0.3, -0.25) is 9.69 Å². The first kappa shape index (κ1) is 15.5. The van der Waals surface area contributed by atoms with E-state index in [1.807, 2.05) is 30.3 Å². The third kappa shape index (κ3) is 2.88. The number of morpholine rings is 1. The fourth-order valence-corrected chi connectivity index (χ4v) is 3.55. The van der Waals surface area contributed by atoms with Crippen molar-refractivity contribution in [2.45, 2.75) is 12.1 Å². The minimum absolute atomic E-state index is 0.0155. The summed E-state index contributed by atoms with van der Waals surface area (Å²) in [5.74, 6) is -0.115. The van der Waals surface area contributed by atoms with Gasteiger partial charge in [-0.05, 0) is 12.1 Å². The van der Waals surface area contributed by atoms with Gasteiger partial charge in [0.25, 0.3) is 5.91 Å². The van der Waals surface area contributed by atoms with Crippen LogP contribution in [0.2, 0.25) is 0 Å². The lowest BCUT2D eigenvalue weighted by Crippen LogP contribution is -2.49. The predicted molar refractivity (Wildman–Crippen MR) is 89.8 cm³/mol. The minimum atomic E-state index is -0.521. The van der Waals surface area contributed by atoms with E-state index in [-0.39, 0.29) is 11.9 Å². The summed E-state index contributed by atoms with van der Waals surface area (Å²) in [5.41, 5.74) is 1.25. The molecule has 1 amide bonds. The van der Waals surface area contributed by atoms with Crippen LogP contribution >= 0.6 is 0 Å². The number of para-hydroxylation sites is 1. The van der Waals surface area contributed by atoms with Crippen LogP contribution in [0.1, 0.15) is 10.5 Å². The number of aromatic nitrogens is 1. The van der Waals surface area contributed by atoms with Crippen LogP contribution in [0.15, 0.2) is 36.4 Å². The Balaban J connectivity index is 1.51. The van der Waals surface area contributed by atoms with Crippen molar-refractivity contribution in [1.82, 2.24) is 14.8 Å². The zero-order valence-electron chi connectivity index (χ0n) is 13.5. The van der Waals surface area contributed by atoms with Gasteiger partial charge in [-0.25, -0.2) is 4.98 Å². The molecule has 24 heavy (non-hydrogen) atoms. The summed E-state index contributed by atoms with van der Waals surface area (Å²) in [6.07, 6.45) is -0.521. The van der Waals surface area contributed by atoms with Gasteiger partial charge in [-0.1, -0.05) is 24.3 Å². The second kappa shape index (κ2) is 6.47. The second-order valence-electron chi connectivity index (χ2n) is 6.38. The van der Waals surface area contributed by atoms with Gasteiger partial charge in [0, 0.05) is 31.6 Å². The van der Waals surface area contributed by atoms with Gasteiger partial charge in [0.1, 0.15) is 5.69 Å². The lowest BCUT2D eigenvalue weighted by molar-refractivity contribution is -0.00611. The van der Waals surface area contributed by atoms with E-state index in [2.05, 4.69) is 9.88 Å². The number of hydrogen-bond donors (Lipinski definition) is 1. The zero-order chi connectivity index (χ0) is 16.5. The molecule has 126 valence electrons. The zero-order valence-corrected chi connectivity index (χ0v) is 13.5. The van der Waals surface area contributed by atoms with Crippen LogP contribution < -0.4 is 0 Å². The summed E-state index contributed by atoms with van der Waals surface area (Å²) in [6, 6.07) is 11.4. The molecule has 2 atom stereocenters. The molecule has 0 saturated carbocycles. The van der Waals surface area contributed by atoms with Crippen LogP contribution in [0.5, 0.6) is 0 Å². The van der Waals surface area contributed by atoms with Crippen LogP contribution in [0.25, 0.3) is 10.9 Å². The molecule has 3 heterocycles. The Bertz CT molecular complexity index is 745. The molecule has 1 N–H and O–H groups in total. The number of carbonyl (C=O) groups is 1. The van der Waals surface area contributed by atoms with Gasteiger partial charge in [0.2, 0.25) is 0 Å². The number of β-amino-alcohol motifs (C(OH)–C–C–N with tert-alkyl or cyclic N) is 1. The fourth-order valence-electron chi connectivity index (χ4n) is 3.55. The third-order valence-electron chi connectivity index (χ3n) is 4.88. The van der Waals surface area contributed by atoms with E-state index in [1.54, 1.807) is 11.0 Å². The second-order valence-corrected chi connectivity index (χ2v) is 6.38. The van der Waals surface area contributed by atoms with Crippen molar-refractivity contribution in [2.75, 3.05) is 39.4 Å². The Morgan fingerprint density at radius 3 is 2.75 bits per heavy atom. The van der Waals surface area contributed by atoms with E-state index in [4.69, 9.17) is 4.74 Å². The molecule has 0 bridgehead atoms. The number of aliphatic hydroxyl groups excluding tert-OH is 1. The largest absolute Gasteiger partial charge is 0.390 e. The van der Waals surface area contributed by atoms with Gasteiger partial charge in [-0.15, -0.1) is 0 Å². The van der Waals surface area contributed by atoms with Gasteiger partial charge >= 0.3 is 0 Å². The number of aliphatic hydroxyl groups is 1. The fraction of sp³-hybridized carbons (Fsp3) is 0.444. The summed E-state index contributed by atoms with van der Waals surface area (Å²) in [5, 5.41) is 11.4. The number of nitrogens with zero attached hydrogens (tertiary/aromatic N) is 3. The quantitative estimate of drug-likeness (QED) is 0.882. The van der Waals surface area contributed by atoms with Crippen molar-refractivity contribution in [3.63, 3.8) is 0 Å². The highest BCUT2D eigenvalue weighted by Crippen LogP contribution is 2.20. The maximum Gasteiger partial charge on any atom is 0.272 e. The predicted octanol–water partition coefficient (Wildman–Crippen LogP) is 0.752. The molecule has 1 aromatic heterocycles. The summed E-state index contributed by atoms with van der Waals surface area (Å²) < 4.78 is 5.37. The molecule has 2 aromatic rings. The number of pyridine rings is 1. The number of hydrogen-bond acceptors (Lipinski definition) is 5. The highest BCUT2D eigenvalue weighted by molar-refractivity contribution is 5.95. The monoisotopic (exact) mass is 327 g/mol. The number of amides is 1. The van der Waals surface area contributed by atoms with Crippen molar-refractivity contribution in [3.05, 3.63) is 42.1 Å². The highest BCUT2D eigenvalue weighted by Gasteiger charge is 2.38. The van der Waals surface area contributed by atoms with Crippen LogP contribution in [0, 0.1) is 0 Å². The number of benzene rings is 1. The molecule has 1 aromatic carbocycles. The molecule has 6 nitrogen and oxygen atoms in total. The molecule has 0 aliphatic carbocycles. The van der Waals surface area contributed by atoms with E-state index in [0.717, 1.165) is 24.0 Å². The first-order chi connectivity index (χ1) is 11.7. The average molecular weight is 327 g/mol. The minimum Gasteiger partial charge on any atom is -0.390 e. The normalized spacial score (nSPS) is 25.3. The van der Waals surface area contributed by atoms with Crippen molar-refractivity contribution in [2.24, 2.45) is 0 Å². The molecule has 0 radical (unpaired) electrons. The van der Waals surface area contributed by atoms with Gasteiger partial charge in [0.15, 0.2) is 0 Å². The summed E-state index contributed by atoms with van der Waals surface area (Å²) in [4.78, 5) is 21.2. The maximum absolute atomic E-state index is 12.8. The number of carbonyl (C=O) groups excluding carboxylic acids is 1. The molecule has 2 fully saturated rings. The van der Waals surface area contributed by atoms with Crippen LogP contribution in [-0.2, 0) is 4.74 Å². The van der Waals surface area contributed by atoms with Gasteiger partial charge in [0.05, 0.1) is 30.9 Å². The Morgan fingerprint density at radius 1 is 1.12 bits per heavy atom. The molecular weight excluding hydrogens is 306 g/mol. The topological polar surface area (TPSA) is 65.9 Å². The Kier molecular flexibility index (Phi) is 4.18. The SMILES string of the molecule is O=C(c1ccc2ccccc2n1)N1C[C@@H](O)[C@H](N2CCOCC2)C1. The molecule has 0 spiro atoms. The molecule has 2 aliphatic heterocycles. The van der Waals surface area contributed by atoms with E-state index < -0.39 is 6.10 Å². The number of ether oxygens (including phenoxy) is 1. The Labute approximate surface area is 140 Å². The van der Waals surface area contributed by atoms with Crippen molar-refractivity contribution >= 4 is 16.8 Å². The molecule has 2 saturated heterocycles. The number of fused-ring (bicyclic) bond motifs is 1. The first-order valence-corrected chi connectivity index (χ1v) is 8.37. The number of rotatable bonds is 2. The van der Waals surface area contributed by atoms with E-state index in [0.29, 0.717) is 32.0 Å². The smallest absolute Gasteiger partial charge is 0.272 e. The van der Waals surface area contributed by atoms with E-state index in [1.165, 1.54) is 0 Å². The van der Waals surface area contributed by atoms with Crippen LogP contribution in [0.3, 0.4) is 0 Å². The van der Waals surface area contributed by atoms with Crippen molar-refractivity contribution in [3.8, 4) is 0 Å². The standard InChI is InChI=1S/C18H21N3O3/c22-17-12-21(11-16(17)20-7-9-24-10-8-20)18(23)15-6-5-13-3-1-2-4-14(13)19-15/h1-6,16-17,22H,7-12H2/t16-,17-/m1/s1. The lowest BCUT2D eigenvalue weighted by Gasteiger charge is -2.33. The maximum atomic E-state index is 12.8. The molecule has 6 heteroatoms. The van der Waals surface area contributed by atoms with Gasteiger partial charge in [-0.2, -0.15) is 0 Å². The molecule has 2 aliphatic rings. The van der Waals surface area contributed by atoms with E-state index >= 15 is 0 Å². The average Bonchev–Trinajstić information content (AvgIpc) is 3.03. The molecular formula is C18H21N3O3. The van der Waals surface area contributed by atoms with Crippen LogP contribution in [0.4, 0.5) is 0 Å². The summed E-state index contributed by atoms with van der Waals surface area (Å²) >= 11 is 0. The lowest BCUT2D eigenvalue weighted by atomic mass is 10.1. The van der Waals surface area contributed by atoms with Crippen LogP contribution in [-0.4, -0.2) is 77.3 Å². The molecule has 4 rings (SSSR count).